The van der Waals surface area contributed by atoms with Crippen molar-refractivity contribution in [2.24, 2.45) is 5.11 Å². The number of aromatic nitrogens is 1. The monoisotopic (exact) mass is 391 g/mol. The number of benzene rings is 1. The van der Waals surface area contributed by atoms with E-state index in [1.54, 1.807) is 11.3 Å². The average molecular weight is 392 g/mol. The van der Waals surface area contributed by atoms with Gasteiger partial charge in [-0.15, -0.1) is 0 Å². The molecule has 27 heavy (non-hydrogen) atoms. The Balaban J connectivity index is 2.17. The van der Waals surface area contributed by atoms with E-state index in [2.05, 4.69) is 36.9 Å². The number of hydrogen-bond acceptors (Lipinski definition) is 5. The van der Waals surface area contributed by atoms with Crippen LogP contribution in [0.5, 0.6) is 5.75 Å². The summed E-state index contributed by atoms with van der Waals surface area (Å²) in [5.74, 6) is 0.769. The lowest BCUT2D eigenvalue weighted by Gasteiger charge is -2.21. The largest absolute Gasteiger partial charge is 0.491 e. The van der Waals surface area contributed by atoms with Crippen LogP contribution in [-0.2, 0) is 0 Å². The van der Waals surface area contributed by atoms with E-state index in [0.717, 1.165) is 40.6 Å². The zero-order valence-corrected chi connectivity index (χ0v) is 18.0. The van der Waals surface area contributed by atoms with Crippen LogP contribution < -0.4 is 15.2 Å². The quantitative estimate of drug-likeness (QED) is 0.341. The van der Waals surface area contributed by atoms with Crippen LogP contribution in [0.4, 0.5) is 10.8 Å². The van der Waals surface area contributed by atoms with E-state index in [9.17, 15) is 0 Å². The van der Waals surface area contributed by atoms with Crippen molar-refractivity contribution in [1.82, 2.24) is 4.98 Å². The molecule has 1 aromatic heterocycles. The molecule has 0 saturated carbocycles. The molecule has 1 heterocycles. The lowest BCUT2D eigenvalue weighted by Crippen LogP contribution is -2.25. The topological polar surface area (TPSA) is 63.3 Å². The van der Waals surface area contributed by atoms with E-state index >= 15 is 0 Å². The van der Waals surface area contributed by atoms with Crippen molar-refractivity contribution in [2.75, 3.05) is 24.6 Å². The fraction of sp³-hybridized carbons (Fsp3) is 0.667. The van der Waals surface area contributed by atoms with Crippen LogP contribution in [-0.4, -0.2) is 24.7 Å². The minimum absolute atomic E-state index is 0.684. The van der Waals surface area contributed by atoms with Gasteiger partial charge in [0.1, 0.15) is 0 Å². The minimum Gasteiger partial charge on any atom is -0.491 e. The van der Waals surface area contributed by atoms with Crippen LogP contribution >= 0.6 is 11.3 Å². The summed E-state index contributed by atoms with van der Waals surface area (Å²) in [6.45, 7) is 9.51. The van der Waals surface area contributed by atoms with Crippen molar-refractivity contribution in [2.45, 2.75) is 72.1 Å². The first-order valence-electron chi connectivity index (χ1n) is 10.5. The third-order valence-electron chi connectivity index (χ3n) is 4.69. The van der Waals surface area contributed by atoms with Crippen LogP contribution in [0.25, 0.3) is 10.2 Å². The fourth-order valence-corrected chi connectivity index (χ4v) is 4.02. The Morgan fingerprint density at radius 2 is 1.70 bits per heavy atom. The minimum atomic E-state index is 0.684. The van der Waals surface area contributed by atoms with Crippen LogP contribution in [0.15, 0.2) is 17.2 Å². The normalized spacial score (nSPS) is 11.1. The van der Waals surface area contributed by atoms with Crippen LogP contribution in [0, 0.1) is 0 Å². The molecule has 0 aliphatic carbocycles. The van der Waals surface area contributed by atoms with Gasteiger partial charge < -0.3 is 9.64 Å². The molecule has 0 spiro atoms. The zero-order valence-electron chi connectivity index (χ0n) is 17.2. The van der Waals surface area contributed by atoms with Crippen molar-refractivity contribution < 1.29 is 10.3 Å². The van der Waals surface area contributed by atoms with Gasteiger partial charge in [0.25, 0.3) is 0 Å². The number of anilines is 1. The molecule has 2 aromatic rings. The summed E-state index contributed by atoms with van der Waals surface area (Å²) in [5, 5.41) is 5.01. The van der Waals surface area contributed by atoms with Gasteiger partial charge in [0.2, 0.25) is 0 Å². The third kappa shape index (κ3) is 6.45. The summed E-state index contributed by atoms with van der Waals surface area (Å²) in [6.07, 6.45) is 9.50. The van der Waals surface area contributed by atoms with Crippen molar-refractivity contribution in [3.05, 3.63) is 12.1 Å². The molecule has 2 rings (SSSR count). The van der Waals surface area contributed by atoms with Crippen molar-refractivity contribution >= 4 is 32.4 Å². The molecule has 150 valence electrons. The molecule has 0 unspecified atom stereocenters. The number of nitrogens with zero attached hydrogens (tertiary/aromatic N) is 3. The fourth-order valence-electron chi connectivity index (χ4n) is 3.00. The Morgan fingerprint density at radius 1 is 1.00 bits per heavy atom. The predicted molar refractivity (Wildman–Crippen MR) is 115 cm³/mol. The molecule has 0 radical (unpaired) electrons. The van der Waals surface area contributed by atoms with Gasteiger partial charge in [-0.25, -0.2) is 4.98 Å². The zero-order chi connectivity index (χ0) is 19.5. The summed E-state index contributed by atoms with van der Waals surface area (Å²) in [5.41, 5.74) is 7.24. The highest BCUT2D eigenvalue weighted by atomic mass is 32.1. The number of hydrogen-bond donors (Lipinski definition) is 1. The van der Waals surface area contributed by atoms with Crippen molar-refractivity contribution in [1.29, 1.82) is 0 Å². The second-order valence-corrected chi connectivity index (χ2v) is 8.03. The molecule has 0 bridgehead atoms. The van der Waals surface area contributed by atoms with Crippen LogP contribution in [0.1, 0.15) is 72.1 Å². The molecule has 0 saturated heterocycles. The van der Waals surface area contributed by atoms with Crippen molar-refractivity contribution in [3.63, 3.8) is 0 Å². The number of ether oxygens (including phenoxy) is 1. The Morgan fingerprint density at radius 3 is 2.33 bits per heavy atom. The number of nitrogens with two attached hydrogens (primary N) is 1. The van der Waals surface area contributed by atoms with Gasteiger partial charge in [-0.2, -0.15) is 5.53 Å². The highest BCUT2D eigenvalue weighted by Gasteiger charge is 2.15. The SMILES string of the molecule is CCCCCCOc1cc2sc(N(CCCC)CCCC)nc2cc1N=[NH2+]. The molecular weight excluding hydrogens is 356 g/mol. The van der Waals surface area contributed by atoms with Gasteiger partial charge in [-0.1, -0.05) is 64.2 Å². The maximum atomic E-state index is 5.97. The Hall–Kier alpha value is -1.69. The standard InChI is InChI=1S/C21H34N4OS/c1-4-7-10-11-14-26-19-16-20-18(15-17(19)24-22)23-21(27-20)25(12-8-5-2)13-9-6-3/h15-16,22H,4-14H2,1-3H3/p+1. The third-order valence-corrected chi connectivity index (χ3v) is 5.77. The first kappa shape index (κ1) is 21.6. The van der Waals surface area contributed by atoms with Gasteiger partial charge in [0, 0.05) is 25.2 Å². The molecule has 1 aromatic carbocycles. The second kappa shape index (κ2) is 11.9. The van der Waals surface area contributed by atoms with E-state index in [-0.39, 0.29) is 0 Å². The molecular formula is C21H35N4OS+. The van der Waals surface area contributed by atoms with Gasteiger partial charge in [0.15, 0.2) is 16.6 Å². The summed E-state index contributed by atoms with van der Waals surface area (Å²) in [6, 6.07) is 4.01. The molecule has 5 nitrogen and oxygen atoms in total. The van der Waals surface area contributed by atoms with Crippen LogP contribution in [0.3, 0.4) is 0 Å². The summed E-state index contributed by atoms with van der Waals surface area (Å²) in [4.78, 5) is 7.28. The number of fused-ring (bicyclic) bond motifs is 1. The molecule has 0 atom stereocenters. The van der Waals surface area contributed by atoms with E-state index in [1.807, 2.05) is 6.07 Å². The van der Waals surface area contributed by atoms with E-state index < -0.39 is 0 Å². The lowest BCUT2D eigenvalue weighted by atomic mass is 10.2. The highest BCUT2D eigenvalue weighted by molar-refractivity contribution is 7.22. The van der Waals surface area contributed by atoms with E-state index in [4.69, 9.17) is 15.3 Å². The molecule has 0 amide bonds. The Kier molecular flexibility index (Phi) is 9.53. The van der Waals surface area contributed by atoms with E-state index in [0.29, 0.717) is 12.3 Å². The predicted octanol–water partition coefficient (Wildman–Crippen LogP) is 5.50. The maximum Gasteiger partial charge on any atom is 0.186 e. The second-order valence-electron chi connectivity index (χ2n) is 7.02. The number of rotatable bonds is 14. The van der Waals surface area contributed by atoms with Gasteiger partial charge >= 0.3 is 0 Å². The molecule has 0 fully saturated rings. The summed E-state index contributed by atoms with van der Waals surface area (Å²) < 4.78 is 7.11. The van der Waals surface area contributed by atoms with Gasteiger partial charge in [-0.3, -0.25) is 0 Å². The van der Waals surface area contributed by atoms with E-state index in [1.165, 1.54) is 44.9 Å². The Labute approximate surface area is 167 Å². The van der Waals surface area contributed by atoms with Crippen LogP contribution in [0.2, 0.25) is 0 Å². The first-order valence-corrected chi connectivity index (χ1v) is 11.3. The molecule has 2 N–H and O–H groups in total. The van der Waals surface area contributed by atoms with Gasteiger partial charge in [-0.05, 0) is 24.4 Å². The average Bonchev–Trinajstić information content (AvgIpc) is 3.09. The molecule has 0 aliphatic heterocycles. The summed E-state index contributed by atoms with van der Waals surface area (Å²) in [7, 11) is 0. The van der Waals surface area contributed by atoms with Crippen molar-refractivity contribution in [3.8, 4) is 5.75 Å². The number of unbranched alkanes of at least 4 members (excludes halogenated alkanes) is 5. The smallest absolute Gasteiger partial charge is 0.186 e. The first-order chi connectivity index (χ1) is 13.2. The maximum absolute atomic E-state index is 5.97. The Bertz CT molecular complexity index is 693. The summed E-state index contributed by atoms with van der Waals surface area (Å²) >= 11 is 1.74. The number of thiazole rings is 1. The lowest BCUT2D eigenvalue weighted by molar-refractivity contribution is -0.210. The molecule has 0 aliphatic rings. The van der Waals surface area contributed by atoms with Gasteiger partial charge in [0.05, 0.1) is 16.8 Å². The highest BCUT2D eigenvalue weighted by Crippen LogP contribution is 2.37. The molecule has 6 heteroatoms.